The Bertz CT molecular complexity index is 1380. The SMILES string of the molecule is COc1ccc(N2C(=O)c3oc4ccc(Br)cc4c(=O)c3C2c2ccc(Br)cc2)cc1. The molecule has 2 heterocycles. The maximum absolute atomic E-state index is 13.6. The number of hydrogen-bond donors (Lipinski definition) is 0. The van der Waals surface area contributed by atoms with E-state index in [1.54, 1.807) is 54.5 Å². The van der Waals surface area contributed by atoms with E-state index in [0.29, 0.717) is 28.0 Å². The molecule has 1 aromatic heterocycles. The standard InChI is InChI=1S/C24H15Br2NO4/c1-30-17-9-7-16(8-10-17)27-21(13-2-4-14(25)5-3-13)20-22(28)18-12-15(26)6-11-19(18)31-23(20)24(27)29/h2-12,21H,1H3. The second-order valence-corrected chi connectivity index (χ2v) is 8.97. The third kappa shape index (κ3) is 3.28. The Morgan fingerprint density at radius 1 is 0.903 bits per heavy atom. The average Bonchev–Trinajstić information content (AvgIpc) is 3.07. The van der Waals surface area contributed by atoms with E-state index in [1.165, 1.54) is 0 Å². The van der Waals surface area contributed by atoms with Crippen LogP contribution in [0, 0.1) is 0 Å². The van der Waals surface area contributed by atoms with Gasteiger partial charge in [0.25, 0.3) is 5.91 Å². The minimum atomic E-state index is -0.608. The molecule has 0 bridgehead atoms. The van der Waals surface area contributed by atoms with E-state index in [4.69, 9.17) is 9.15 Å². The summed E-state index contributed by atoms with van der Waals surface area (Å²) in [5.74, 6) is 0.399. The van der Waals surface area contributed by atoms with Gasteiger partial charge in [0.15, 0.2) is 5.43 Å². The minimum Gasteiger partial charge on any atom is -0.497 e. The van der Waals surface area contributed by atoms with Crippen LogP contribution < -0.4 is 15.1 Å². The van der Waals surface area contributed by atoms with Gasteiger partial charge in [-0.1, -0.05) is 44.0 Å². The molecule has 1 atom stereocenters. The number of anilines is 1. The lowest BCUT2D eigenvalue weighted by Crippen LogP contribution is -2.29. The topological polar surface area (TPSA) is 59.8 Å². The Labute approximate surface area is 194 Å². The fourth-order valence-electron chi connectivity index (χ4n) is 3.91. The van der Waals surface area contributed by atoms with Gasteiger partial charge >= 0.3 is 0 Å². The highest BCUT2D eigenvalue weighted by Crippen LogP contribution is 2.41. The summed E-state index contributed by atoms with van der Waals surface area (Å²) in [6.45, 7) is 0. The summed E-state index contributed by atoms with van der Waals surface area (Å²) in [4.78, 5) is 28.7. The van der Waals surface area contributed by atoms with Gasteiger partial charge in [-0.05, 0) is 60.2 Å². The van der Waals surface area contributed by atoms with Gasteiger partial charge in [0.1, 0.15) is 11.3 Å². The van der Waals surface area contributed by atoms with Crippen molar-refractivity contribution in [2.24, 2.45) is 0 Å². The number of hydrogen-bond acceptors (Lipinski definition) is 4. The third-order valence-electron chi connectivity index (χ3n) is 5.37. The monoisotopic (exact) mass is 539 g/mol. The highest BCUT2D eigenvalue weighted by molar-refractivity contribution is 9.10. The molecule has 1 unspecified atom stereocenters. The van der Waals surface area contributed by atoms with E-state index in [0.717, 1.165) is 14.5 Å². The number of carbonyl (C=O) groups is 1. The predicted molar refractivity (Wildman–Crippen MR) is 126 cm³/mol. The summed E-state index contributed by atoms with van der Waals surface area (Å²) in [6.07, 6.45) is 0. The van der Waals surface area contributed by atoms with E-state index < -0.39 is 6.04 Å². The number of amides is 1. The van der Waals surface area contributed by atoms with E-state index >= 15 is 0 Å². The lowest BCUT2D eigenvalue weighted by molar-refractivity contribution is 0.0971. The normalized spacial score (nSPS) is 15.4. The van der Waals surface area contributed by atoms with Gasteiger partial charge < -0.3 is 9.15 Å². The van der Waals surface area contributed by atoms with Crippen molar-refractivity contribution in [1.29, 1.82) is 0 Å². The van der Waals surface area contributed by atoms with Gasteiger partial charge in [-0.15, -0.1) is 0 Å². The van der Waals surface area contributed by atoms with Crippen LogP contribution in [0.4, 0.5) is 5.69 Å². The van der Waals surface area contributed by atoms with Crippen LogP contribution >= 0.6 is 31.9 Å². The van der Waals surface area contributed by atoms with Crippen LogP contribution in [0.15, 0.2) is 84.9 Å². The van der Waals surface area contributed by atoms with Crippen molar-refractivity contribution in [2.45, 2.75) is 6.04 Å². The third-order valence-corrected chi connectivity index (χ3v) is 6.39. The first-order valence-corrected chi connectivity index (χ1v) is 11.1. The summed E-state index contributed by atoms with van der Waals surface area (Å²) in [5, 5.41) is 0.430. The second-order valence-electron chi connectivity index (χ2n) is 7.14. The van der Waals surface area contributed by atoms with Gasteiger partial charge in [0, 0.05) is 14.6 Å². The maximum atomic E-state index is 13.6. The van der Waals surface area contributed by atoms with Crippen LogP contribution in [0.3, 0.4) is 0 Å². The maximum Gasteiger partial charge on any atom is 0.295 e. The van der Waals surface area contributed by atoms with Crippen LogP contribution in [0.5, 0.6) is 5.75 Å². The van der Waals surface area contributed by atoms with Crippen molar-refractivity contribution in [2.75, 3.05) is 12.0 Å². The fourth-order valence-corrected chi connectivity index (χ4v) is 4.54. The number of ether oxygens (including phenoxy) is 1. The summed E-state index contributed by atoms with van der Waals surface area (Å²) >= 11 is 6.86. The fraction of sp³-hybridized carbons (Fsp3) is 0.0833. The molecule has 0 fully saturated rings. The highest BCUT2D eigenvalue weighted by Gasteiger charge is 2.43. The van der Waals surface area contributed by atoms with Crippen molar-refractivity contribution >= 4 is 54.4 Å². The van der Waals surface area contributed by atoms with Crippen LogP contribution in [-0.4, -0.2) is 13.0 Å². The van der Waals surface area contributed by atoms with Crippen LogP contribution in [0.2, 0.25) is 0 Å². The van der Waals surface area contributed by atoms with E-state index in [2.05, 4.69) is 31.9 Å². The molecule has 0 saturated heterocycles. The number of methoxy groups -OCH3 is 1. The van der Waals surface area contributed by atoms with Gasteiger partial charge in [-0.2, -0.15) is 0 Å². The number of rotatable bonds is 3. The Morgan fingerprint density at radius 3 is 2.26 bits per heavy atom. The lowest BCUT2D eigenvalue weighted by atomic mass is 9.98. The molecule has 31 heavy (non-hydrogen) atoms. The minimum absolute atomic E-state index is 0.0727. The van der Waals surface area contributed by atoms with Crippen molar-refractivity contribution in [3.8, 4) is 5.75 Å². The molecular formula is C24H15Br2NO4. The van der Waals surface area contributed by atoms with Gasteiger partial charge in [-0.3, -0.25) is 14.5 Å². The molecule has 5 rings (SSSR count). The molecule has 154 valence electrons. The first kappa shape index (κ1) is 20.0. The van der Waals surface area contributed by atoms with Crippen LogP contribution in [0.1, 0.15) is 27.7 Å². The summed E-state index contributed by atoms with van der Waals surface area (Å²) < 4.78 is 12.9. The quantitative estimate of drug-likeness (QED) is 0.316. The number of fused-ring (bicyclic) bond motifs is 2. The Hall–Kier alpha value is -2.90. The number of carbonyl (C=O) groups excluding carboxylic acids is 1. The molecule has 0 radical (unpaired) electrons. The first-order chi connectivity index (χ1) is 15.0. The zero-order chi connectivity index (χ0) is 21.7. The van der Waals surface area contributed by atoms with Gasteiger partial charge in [0.2, 0.25) is 5.76 Å². The molecular weight excluding hydrogens is 526 g/mol. The molecule has 4 aromatic rings. The molecule has 5 nitrogen and oxygen atoms in total. The number of halogens is 2. The lowest BCUT2D eigenvalue weighted by Gasteiger charge is -2.25. The van der Waals surface area contributed by atoms with Crippen molar-refractivity contribution in [3.63, 3.8) is 0 Å². The molecule has 7 heteroatoms. The molecule has 0 aliphatic carbocycles. The van der Waals surface area contributed by atoms with E-state index in [1.807, 2.05) is 24.3 Å². The van der Waals surface area contributed by atoms with Crippen LogP contribution in [0.25, 0.3) is 11.0 Å². The second kappa shape index (κ2) is 7.66. The Kier molecular flexibility index (Phi) is 4.95. The summed E-state index contributed by atoms with van der Waals surface area (Å²) in [7, 11) is 1.59. The zero-order valence-corrected chi connectivity index (χ0v) is 19.4. The molecule has 1 amide bonds. The number of nitrogens with zero attached hydrogens (tertiary/aromatic N) is 1. The summed E-state index contributed by atoms with van der Waals surface area (Å²) in [5.41, 5.74) is 1.97. The molecule has 3 aromatic carbocycles. The number of benzene rings is 3. The summed E-state index contributed by atoms with van der Waals surface area (Å²) in [6, 6.07) is 19.3. The van der Waals surface area contributed by atoms with Crippen molar-refractivity contribution in [3.05, 3.63) is 103 Å². The van der Waals surface area contributed by atoms with Gasteiger partial charge in [0.05, 0.1) is 24.1 Å². The zero-order valence-electron chi connectivity index (χ0n) is 16.3. The smallest absolute Gasteiger partial charge is 0.295 e. The van der Waals surface area contributed by atoms with E-state index in [-0.39, 0.29) is 17.1 Å². The van der Waals surface area contributed by atoms with Gasteiger partial charge in [-0.25, -0.2) is 0 Å². The van der Waals surface area contributed by atoms with E-state index in [9.17, 15) is 9.59 Å². The average molecular weight is 541 g/mol. The molecule has 0 N–H and O–H groups in total. The first-order valence-electron chi connectivity index (χ1n) is 9.47. The molecule has 1 aliphatic heterocycles. The Morgan fingerprint density at radius 2 is 1.58 bits per heavy atom. The van der Waals surface area contributed by atoms with Crippen LogP contribution in [-0.2, 0) is 0 Å². The molecule has 0 spiro atoms. The highest BCUT2D eigenvalue weighted by atomic mass is 79.9. The molecule has 1 aliphatic rings. The Balaban J connectivity index is 1.78. The largest absolute Gasteiger partial charge is 0.497 e. The van der Waals surface area contributed by atoms with Crippen molar-refractivity contribution in [1.82, 2.24) is 0 Å². The molecule has 0 saturated carbocycles. The predicted octanol–water partition coefficient (Wildman–Crippen LogP) is 6.08. The van der Waals surface area contributed by atoms with Crippen molar-refractivity contribution < 1.29 is 13.9 Å².